The van der Waals surface area contributed by atoms with E-state index in [-0.39, 0.29) is 6.42 Å². The van der Waals surface area contributed by atoms with Crippen LogP contribution in [0, 0.1) is 28.8 Å². The molecule has 134 valence electrons. The molecular formula is C18H13F3N2O3. The molecule has 2 aromatic rings. The monoisotopic (exact) mass is 362 g/mol. The first-order chi connectivity index (χ1) is 12.3. The second-order valence-corrected chi connectivity index (χ2v) is 5.31. The summed E-state index contributed by atoms with van der Waals surface area (Å²) in [7, 11) is 1.09. The zero-order valence-electron chi connectivity index (χ0n) is 13.6. The van der Waals surface area contributed by atoms with E-state index in [1.165, 1.54) is 6.07 Å². The van der Waals surface area contributed by atoms with E-state index in [9.17, 15) is 22.8 Å². The normalized spacial score (nSPS) is 11.3. The molecule has 0 spiro atoms. The minimum absolute atomic E-state index is 0.0711. The Bertz CT molecular complexity index is 870. The van der Waals surface area contributed by atoms with Crippen LogP contribution in [-0.2, 0) is 16.0 Å². The lowest BCUT2D eigenvalue weighted by Gasteiger charge is -2.17. The molecule has 1 N–H and O–H groups in total. The first-order valence-electron chi connectivity index (χ1n) is 7.38. The van der Waals surface area contributed by atoms with Gasteiger partial charge in [-0.2, -0.15) is 5.26 Å². The van der Waals surface area contributed by atoms with Gasteiger partial charge in [0.2, 0.25) is 0 Å². The summed E-state index contributed by atoms with van der Waals surface area (Å²) in [5, 5.41) is 11.1. The van der Waals surface area contributed by atoms with Crippen LogP contribution in [0.25, 0.3) is 0 Å². The number of hydrogen-bond acceptors (Lipinski definition) is 4. The second-order valence-electron chi connectivity index (χ2n) is 5.31. The van der Waals surface area contributed by atoms with Crippen molar-refractivity contribution in [1.82, 2.24) is 5.32 Å². The number of benzene rings is 2. The summed E-state index contributed by atoms with van der Waals surface area (Å²) in [4.78, 5) is 24.1. The minimum atomic E-state index is -1.39. The molecule has 0 unspecified atom stereocenters. The van der Waals surface area contributed by atoms with Crippen molar-refractivity contribution >= 4 is 11.9 Å². The molecule has 2 rings (SSSR count). The van der Waals surface area contributed by atoms with Gasteiger partial charge >= 0.3 is 5.97 Å². The molecule has 0 heterocycles. The Kier molecular flexibility index (Phi) is 5.96. The Morgan fingerprint density at radius 1 is 1.19 bits per heavy atom. The molecule has 5 nitrogen and oxygen atoms in total. The van der Waals surface area contributed by atoms with E-state index in [4.69, 9.17) is 5.26 Å². The standard InChI is InChI=1S/C18H13F3N2O3/c1-26-18(25)15(6-10-3-2-4-11(5-10)9-22)23-17(24)16-13(20)7-12(19)8-14(16)21/h2-5,7-8,15H,6H2,1H3,(H,23,24)/t15-/m0/s1. The average Bonchev–Trinajstić information content (AvgIpc) is 2.59. The van der Waals surface area contributed by atoms with Crippen molar-refractivity contribution in [3.8, 4) is 6.07 Å². The molecule has 0 saturated carbocycles. The van der Waals surface area contributed by atoms with Crippen molar-refractivity contribution in [3.05, 3.63) is 70.5 Å². The van der Waals surface area contributed by atoms with Gasteiger partial charge in [0, 0.05) is 18.6 Å². The van der Waals surface area contributed by atoms with Crippen molar-refractivity contribution in [2.24, 2.45) is 0 Å². The van der Waals surface area contributed by atoms with Gasteiger partial charge in [-0.25, -0.2) is 18.0 Å². The molecule has 0 aromatic heterocycles. The summed E-state index contributed by atoms with van der Waals surface area (Å²) >= 11 is 0. The average molecular weight is 362 g/mol. The molecule has 8 heteroatoms. The smallest absolute Gasteiger partial charge is 0.328 e. The van der Waals surface area contributed by atoms with Crippen LogP contribution in [0.5, 0.6) is 0 Å². The number of amides is 1. The fourth-order valence-corrected chi connectivity index (χ4v) is 2.33. The largest absolute Gasteiger partial charge is 0.467 e. The Morgan fingerprint density at radius 3 is 2.42 bits per heavy atom. The first-order valence-corrected chi connectivity index (χ1v) is 7.38. The van der Waals surface area contributed by atoms with Crippen molar-refractivity contribution in [3.63, 3.8) is 0 Å². The predicted octanol–water partition coefficient (Wildman–Crippen LogP) is 2.49. The van der Waals surface area contributed by atoms with E-state index in [0.29, 0.717) is 23.3 Å². The number of carbonyl (C=O) groups excluding carboxylic acids is 2. The summed E-state index contributed by atoms with van der Waals surface area (Å²) in [5.41, 5.74) is -0.140. The Balaban J connectivity index is 2.27. The number of rotatable bonds is 5. The van der Waals surface area contributed by atoms with Crippen LogP contribution in [0.1, 0.15) is 21.5 Å². The Morgan fingerprint density at radius 2 is 1.85 bits per heavy atom. The summed E-state index contributed by atoms with van der Waals surface area (Å²) in [6.07, 6.45) is -0.0711. The maximum absolute atomic E-state index is 13.7. The predicted molar refractivity (Wildman–Crippen MR) is 84.4 cm³/mol. The summed E-state index contributed by atoms with van der Waals surface area (Å²) in [5.74, 6) is -6.03. The maximum Gasteiger partial charge on any atom is 0.328 e. The third-order valence-electron chi connectivity index (χ3n) is 3.52. The van der Waals surface area contributed by atoms with Gasteiger partial charge in [0.05, 0.1) is 18.7 Å². The molecule has 0 saturated heterocycles. The quantitative estimate of drug-likeness (QED) is 0.829. The molecule has 26 heavy (non-hydrogen) atoms. The van der Waals surface area contributed by atoms with Gasteiger partial charge in [0.15, 0.2) is 0 Å². The molecule has 1 amide bonds. The van der Waals surface area contributed by atoms with E-state index in [1.54, 1.807) is 18.2 Å². The molecule has 0 fully saturated rings. The van der Waals surface area contributed by atoms with E-state index < -0.39 is 40.9 Å². The van der Waals surface area contributed by atoms with Crippen molar-refractivity contribution in [2.45, 2.75) is 12.5 Å². The number of methoxy groups -OCH3 is 1. The van der Waals surface area contributed by atoms with Gasteiger partial charge < -0.3 is 10.1 Å². The molecule has 0 radical (unpaired) electrons. The number of halogens is 3. The van der Waals surface area contributed by atoms with Crippen molar-refractivity contribution in [1.29, 1.82) is 5.26 Å². The van der Waals surface area contributed by atoms with Gasteiger partial charge in [-0.05, 0) is 17.7 Å². The zero-order valence-corrected chi connectivity index (χ0v) is 13.6. The highest BCUT2D eigenvalue weighted by Gasteiger charge is 2.26. The number of nitrogens with zero attached hydrogens (tertiary/aromatic N) is 1. The fraction of sp³-hybridized carbons (Fsp3) is 0.167. The van der Waals surface area contributed by atoms with Crippen LogP contribution >= 0.6 is 0 Å². The van der Waals surface area contributed by atoms with E-state index in [1.807, 2.05) is 6.07 Å². The van der Waals surface area contributed by atoms with E-state index >= 15 is 0 Å². The third kappa shape index (κ3) is 4.39. The number of nitriles is 1. The summed E-state index contributed by atoms with van der Waals surface area (Å²) in [6, 6.07) is 7.65. The molecular weight excluding hydrogens is 349 g/mol. The Hall–Kier alpha value is -3.34. The molecule has 2 aromatic carbocycles. The van der Waals surface area contributed by atoms with Gasteiger partial charge in [0.25, 0.3) is 5.91 Å². The van der Waals surface area contributed by atoms with Gasteiger partial charge in [-0.3, -0.25) is 4.79 Å². The highest BCUT2D eigenvalue weighted by molar-refractivity contribution is 5.97. The van der Waals surface area contributed by atoms with Crippen molar-refractivity contribution < 1.29 is 27.5 Å². The van der Waals surface area contributed by atoms with E-state index in [2.05, 4.69) is 10.1 Å². The van der Waals surface area contributed by atoms with Gasteiger partial charge in [0.1, 0.15) is 29.1 Å². The van der Waals surface area contributed by atoms with Crippen LogP contribution in [0.15, 0.2) is 36.4 Å². The number of hydrogen-bond donors (Lipinski definition) is 1. The molecule has 1 atom stereocenters. The number of carbonyl (C=O) groups is 2. The van der Waals surface area contributed by atoms with Gasteiger partial charge in [-0.15, -0.1) is 0 Å². The van der Waals surface area contributed by atoms with Crippen LogP contribution in [0.4, 0.5) is 13.2 Å². The summed E-state index contributed by atoms with van der Waals surface area (Å²) in [6.45, 7) is 0. The lowest BCUT2D eigenvalue weighted by molar-refractivity contribution is -0.142. The highest BCUT2D eigenvalue weighted by atomic mass is 19.1. The molecule has 0 aliphatic heterocycles. The number of ether oxygens (including phenoxy) is 1. The maximum atomic E-state index is 13.7. The lowest BCUT2D eigenvalue weighted by Crippen LogP contribution is -2.43. The number of esters is 1. The lowest BCUT2D eigenvalue weighted by atomic mass is 10.0. The van der Waals surface area contributed by atoms with Crippen LogP contribution in [0.3, 0.4) is 0 Å². The molecule has 0 bridgehead atoms. The topological polar surface area (TPSA) is 79.2 Å². The van der Waals surface area contributed by atoms with Crippen molar-refractivity contribution in [2.75, 3.05) is 7.11 Å². The fourth-order valence-electron chi connectivity index (χ4n) is 2.33. The Labute approximate surface area is 147 Å². The molecule has 0 aliphatic carbocycles. The van der Waals surface area contributed by atoms with Crippen LogP contribution in [0.2, 0.25) is 0 Å². The first kappa shape index (κ1) is 19.0. The molecule has 0 aliphatic rings. The summed E-state index contributed by atoms with van der Waals surface area (Å²) < 4.78 is 45.0. The second kappa shape index (κ2) is 8.16. The van der Waals surface area contributed by atoms with Crippen LogP contribution in [-0.4, -0.2) is 25.0 Å². The SMILES string of the molecule is COC(=O)[C@H](Cc1cccc(C#N)c1)NC(=O)c1c(F)cc(F)cc1F. The highest BCUT2D eigenvalue weighted by Crippen LogP contribution is 2.16. The van der Waals surface area contributed by atoms with Crippen LogP contribution < -0.4 is 5.32 Å². The van der Waals surface area contributed by atoms with E-state index in [0.717, 1.165) is 7.11 Å². The number of nitrogens with one attached hydrogen (secondary N) is 1. The zero-order chi connectivity index (χ0) is 19.3. The van der Waals surface area contributed by atoms with Gasteiger partial charge in [-0.1, -0.05) is 12.1 Å². The minimum Gasteiger partial charge on any atom is -0.467 e. The third-order valence-corrected chi connectivity index (χ3v) is 3.52.